The molecule has 0 bridgehead atoms. The quantitative estimate of drug-likeness (QED) is 0.902. The SMILES string of the molecule is CSCCc1nc2cc(CN)ccc2n1C(C)C. The number of nitrogens with zero attached hydrogens (tertiary/aromatic N) is 2. The van der Waals surface area contributed by atoms with Gasteiger partial charge in [-0.05, 0) is 37.8 Å². The lowest BCUT2D eigenvalue weighted by Gasteiger charge is -2.12. The van der Waals surface area contributed by atoms with Crippen molar-refractivity contribution in [3.8, 4) is 0 Å². The summed E-state index contributed by atoms with van der Waals surface area (Å²) in [5.74, 6) is 2.29. The van der Waals surface area contributed by atoms with E-state index >= 15 is 0 Å². The van der Waals surface area contributed by atoms with Gasteiger partial charge in [0, 0.05) is 24.8 Å². The van der Waals surface area contributed by atoms with Crippen molar-refractivity contribution in [2.24, 2.45) is 5.73 Å². The average molecular weight is 263 g/mol. The molecule has 4 heteroatoms. The number of imidazole rings is 1. The number of aryl methyl sites for hydroxylation is 1. The van der Waals surface area contributed by atoms with Gasteiger partial charge in [-0.2, -0.15) is 11.8 Å². The molecule has 0 aliphatic rings. The van der Waals surface area contributed by atoms with Gasteiger partial charge < -0.3 is 10.3 Å². The molecule has 18 heavy (non-hydrogen) atoms. The van der Waals surface area contributed by atoms with E-state index in [9.17, 15) is 0 Å². The van der Waals surface area contributed by atoms with Crippen molar-refractivity contribution in [1.29, 1.82) is 0 Å². The Kier molecular flexibility index (Phi) is 4.30. The van der Waals surface area contributed by atoms with Crippen LogP contribution >= 0.6 is 11.8 Å². The molecule has 2 aromatic rings. The van der Waals surface area contributed by atoms with Crippen molar-refractivity contribution in [3.63, 3.8) is 0 Å². The van der Waals surface area contributed by atoms with Gasteiger partial charge in [-0.15, -0.1) is 0 Å². The van der Waals surface area contributed by atoms with E-state index in [4.69, 9.17) is 10.7 Å². The van der Waals surface area contributed by atoms with E-state index in [0.29, 0.717) is 12.6 Å². The number of hydrogen-bond donors (Lipinski definition) is 1. The van der Waals surface area contributed by atoms with Crippen molar-refractivity contribution >= 4 is 22.8 Å². The average Bonchev–Trinajstić information content (AvgIpc) is 2.73. The summed E-state index contributed by atoms with van der Waals surface area (Å²) in [7, 11) is 0. The fraction of sp³-hybridized carbons (Fsp3) is 0.500. The molecule has 0 radical (unpaired) electrons. The number of thioether (sulfide) groups is 1. The van der Waals surface area contributed by atoms with Gasteiger partial charge in [0.25, 0.3) is 0 Å². The molecule has 2 rings (SSSR count). The number of hydrogen-bond acceptors (Lipinski definition) is 3. The molecule has 3 nitrogen and oxygen atoms in total. The van der Waals surface area contributed by atoms with Gasteiger partial charge in [-0.1, -0.05) is 6.07 Å². The lowest BCUT2D eigenvalue weighted by Crippen LogP contribution is -2.07. The van der Waals surface area contributed by atoms with Crippen LogP contribution in [0.25, 0.3) is 11.0 Å². The standard InChI is InChI=1S/C14H21N3S/c1-10(2)17-13-5-4-11(9-15)8-12(13)16-14(17)6-7-18-3/h4-5,8,10H,6-7,9,15H2,1-3H3. The van der Waals surface area contributed by atoms with Crippen LogP contribution in [0.15, 0.2) is 18.2 Å². The molecule has 1 aromatic carbocycles. The highest BCUT2D eigenvalue weighted by Crippen LogP contribution is 2.23. The normalized spacial score (nSPS) is 11.6. The lowest BCUT2D eigenvalue weighted by atomic mass is 10.2. The summed E-state index contributed by atoms with van der Waals surface area (Å²) in [4.78, 5) is 4.77. The maximum absolute atomic E-state index is 5.69. The van der Waals surface area contributed by atoms with Crippen molar-refractivity contribution < 1.29 is 0 Å². The van der Waals surface area contributed by atoms with Crippen LogP contribution in [0.4, 0.5) is 0 Å². The summed E-state index contributed by atoms with van der Waals surface area (Å²) in [6.07, 6.45) is 3.15. The molecule has 0 unspecified atom stereocenters. The smallest absolute Gasteiger partial charge is 0.110 e. The van der Waals surface area contributed by atoms with Crippen molar-refractivity contribution in [3.05, 3.63) is 29.6 Å². The van der Waals surface area contributed by atoms with E-state index in [2.05, 4.69) is 42.9 Å². The summed E-state index contributed by atoms with van der Waals surface area (Å²) in [6, 6.07) is 6.79. The van der Waals surface area contributed by atoms with Crippen molar-refractivity contribution in [2.45, 2.75) is 32.9 Å². The van der Waals surface area contributed by atoms with E-state index in [0.717, 1.165) is 23.3 Å². The van der Waals surface area contributed by atoms with Gasteiger partial charge in [0.2, 0.25) is 0 Å². The Bertz CT molecular complexity index is 531. The first-order valence-corrected chi connectivity index (χ1v) is 7.75. The van der Waals surface area contributed by atoms with E-state index in [1.165, 1.54) is 11.3 Å². The molecule has 98 valence electrons. The second-order valence-electron chi connectivity index (χ2n) is 4.76. The van der Waals surface area contributed by atoms with E-state index in [1.54, 1.807) is 0 Å². The molecular formula is C14H21N3S. The molecule has 1 heterocycles. The zero-order valence-corrected chi connectivity index (χ0v) is 12.1. The summed E-state index contributed by atoms with van der Waals surface area (Å²) in [6.45, 7) is 4.99. The lowest BCUT2D eigenvalue weighted by molar-refractivity contribution is 0.589. The molecule has 1 aromatic heterocycles. The minimum absolute atomic E-state index is 0.440. The van der Waals surface area contributed by atoms with Crippen LogP contribution in [-0.2, 0) is 13.0 Å². The Morgan fingerprint density at radius 3 is 2.78 bits per heavy atom. The molecule has 0 spiro atoms. The van der Waals surface area contributed by atoms with Crippen LogP contribution in [0.3, 0.4) is 0 Å². The molecule has 0 aliphatic heterocycles. The summed E-state index contributed by atoms with van der Waals surface area (Å²) in [5, 5.41) is 0. The van der Waals surface area contributed by atoms with Gasteiger partial charge in [0.05, 0.1) is 11.0 Å². The largest absolute Gasteiger partial charge is 0.326 e. The van der Waals surface area contributed by atoms with Crippen LogP contribution in [0, 0.1) is 0 Å². The highest BCUT2D eigenvalue weighted by atomic mass is 32.2. The molecule has 2 N–H and O–H groups in total. The highest BCUT2D eigenvalue weighted by Gasteiger charge is 2.12. The van der Waals surface area contributed by atoms with E-state index in [1.807, 2.05) is 11.8 Å². The van der Waals surface area contributed by atoms with Gasteiger partial charge in [0.15, 0.2) is 0 Å². The number of rotatable bonds is 5. The first-order valence-electron chi connectivity index (χ1n) is 6.36. The molecule has 0 atom stereocenters. The van der Waals surface area contributed by atoms with Crippen LogP contribution < -0.4 is 5.73 Å². The van der Waals surface area contributed by atoms with Crippen LogP contribution in [0.5, 0.6) is 0 Å². The van der Waals surface area contributed by atoms with Crippen LogP contribution in [0.2, 0.25) is 0 Å². The summed E-state index contributed by atoms with van der Waals surface area (Å²) < 4.78 is 2.34. The monoisotopic (exact) mass is 263 g/mol. The maximum Gasteiger partial charge on any atom is 0.110 e. The topological polar surface area (TPSA) is 43.8 Å². The highest BCUT2D eigenvalue weighted by molar-refractivity contribution is 7.98. The molecule has 0 fully saturated rings. The summed E-state index contributed by atoms with van der Waals surface area (Å²) in [5.41, 5.74) is 9.13. The van der Waals surface area contributed by atoms with Crippen molar-refractivity contribution in [2.75, 3.05) is 12.0 Å². The second-order valence-corrected chi connectivity index (χ2v) is 5.75. The third-order valence-electron chi connectivity index (χ3n) is 3.11. The first kappa shape index (κ1) is 13.4. The third kappa shape index (κ3) is 2.54. The Hall–Kier alpha value is -1.00. The maximum atomic E-state index is 5.69. The second kappa shape index (κ2) is 5.76. The zero-order valence-electron chi connectivity index (χ0n) is 11.3. The Labute approximate surface area is 113 Å². The Morgan fingerprint density at radius 1 is 1.39 bits per heavy atom. The number of fused-ring (bicyclic) bond motifs is 1. The molecule has 0 amide bonds. The third-order valence-corrected chi connectivity index (χ3v) is 3.72. The predicted octanol–water partition coefficient (Wildman–Crippen LogP) is 2.98. The predicted molar refractivity (Wildman–Crippen MR) is 80.1 cm³/mol. The van der Waals surface area contributed by atoms with Gasteiger partial charge in [-0.25, -0.2) is 4.98 Å². The molecular weight excluding hydrogens is 242 g/mol. The fourth-order valence-electron chi connectivity index (χ4n) is 2.27. The van der Waals surface area contributed by atoms with Gasteiger partial charge in [0.1, 0.15) is 5.82 Å². The Balaban J connectivity index is 2.51. The van der Waals surface area contributed by atoms with Crippen LogP contribution in [0.1, 0.15) is 31.3 Å². The number of aromatic nitrogens is 2. The minimum atomic E-state index is 0.440. The zero-order chi connectivity index (χ0) is 13.1. The Morgan fingerprint density at radius 2 is 2.17 bits per heavy atom. The molecule has 0 saturated heterocycles. The van der Waals surface area contributed by atoms with Gasteiger partial charge in [-0.3, -0.25) is 0 Å². The summed E-state index contributed by atoms with van der Waals surface area (Å²) >= 11 is 1.86. The van der Waals surface area contributed by atoms with E-state index in [-0.39, 0.29) is 0 Å². The minimum Gasteiger partial charge on any atom is -0.326 e. The van der Waals surface area contributed by atoms with Crippen LogP contribution in [-0.4, -0.2) is 21.6 Å². The first-order chi connectivity index (χ1) is 8.67. The molecule has 0 saturated carbocycles. The fourth-order valence-corrected chi connectivity index (χ4v) is 2.65. The van der Waals surface area contributed by atoms with Gasteiger partial charge >= 0.3 is 0 Å². The number of benzene rings is 1. The van der Waals surface area contributed by atoms with Crippen molar-refractivity contribution in [1.82, 2.24) is 9.55 Å². The van der Waals surface area contributed by atoms with E-state index < -0.39 is 0 Å². The number of nitrogens with two attached hydrogens (primary N) is 1. The molecule has 0 aliphatic carbocycles.